The molecule has 0 radical (unpaired) electrons. The van der Waals surface area contributed by atoms with Crippen molar-refractivity contribution in [3.05, 3.63) is 113 Å². The Morgan fingerprint density at radius 2 is 1.26 bits per heavy atom. The summed E-state index contributed by atoms with van der Waals surface area (Å²) in [6.45, 7) is 32.0. The van der Waals surface area contributed by atoms with Crippen LogP contribution in [-0.4, -0.2) is 181 Å². The normalized spacial score (nSPS) is 21.4. The van der Waals surface area contributed by atoms with Crippen molar-refractivity contribution >= 4 is 97.4 Å². The van der Waals surface area contributed by atoms with Gasteiger partial charge in [0.15, 0.2) is 11.8 Å². The van der Waals surface area contributed by atoms with Gasteiger partial charge in [0.2, 0.25) is 41.4 Å². The van der Waals surface area contributed by atoms with Crippen molar-refractivity contribution in [3.63, 3.8) is 0 Å². The van der Waals surface area contributed by atoms with E-state index in [4.69, 9.17) is 29.7 Å². The summed E-state index contributed by atoms with van der Waals surface area (Å²) in [5.41, 5.74) is 5.39. The number of Topliss-reactive ketones (excluding diaryl/α,β-unsaturated/α-hetero) is 1. The lowest BCUT2D eigenvalue weighted by atomic mass is 9.75. The molecule has 10 atom stereocenters. The van der Waals surface area contributed by atoms with Crippen molar-refractivity contribution in [2.45, 2.75) is 265 Å². The van der Waals surface area contributed by atoms with Gasteiger partial charge in [0.05, 0.1) is 40.5 Å². The van der Waals surface area contributed by atoms with E-state index >= 15 is 24.0 Å². The molecule has 26 nitrogen and oxygen atoms in total. The lowest BCUT2D eigenvalue weighted by Crippen LogP contribution is -2.63. The first-order chi connectivity index (χ1) is 49.7. The van der Waals surface area contributed by atoms with Crippen LogP contribution in [0.1, 0.15) is 180 Å². The van der Waals surface area contributed by atoms with Crippen LogP contribution >= 0.6 is 21.6 Å². The number of fused-ring (bicyclic) bond motifs is 1. The third-order valence-electron chi connectivity index (χ3n) is 17.1. The van der Waals surface area contributed by atoms with Crippen LogP contribution in [0.2, 0.25) is 0 Å². The summed E-state index contributed by atoms with van der Waals surface area (Å²) in [6, 6.07) is 10.3. The maximum atomic E-state index is 15.9. The largest absolute Gasteiger partial charge is 0.511 e. The number of para-hydroxylation sites is 1. The van der Waals surface area contributed by atoms with Crippen molar-refractivity contribution in [3.8, 4) is 5.75 Å². The molecule has 4 aromatic rings. The Morgan fingerprint density at radius 3 is 1.86 bits per heavy atom. The predicted octanol–water partition coefficient (Wildman–Crippen LogP) is 9.10. The van der Waals surface area contributed by atoms with Gasteiger partial charge in [-0.2, -0.15) is 0 Å². The second kappa shape index (κ2) is 38.2. The summed E-state index contributed by atoms with van der Waals surface area (Å²) >= 11 is 0. The number of amides is 7. The number of carbonyl (C=O) groups excluding carboxylic acids is 9. The van der Waals surface area contributed by atoms with Crippen molar-refractivity contribution in [1.82, 2.24) is 41.8 Å². The monoisotopic (exact) mass is 1520 g/mol. The van der Waals surface area contributed by atoms with E-state index in [-0.39, 0.29) is 92.5 Å². The van der Waals surface area contributed by atoms with Crippen molar-refractivity contribution < 1.29 is 77.1 Å². The van der Waals surface area contributed by atoms with Gasteiger partial charge < -0.3 is 72.1 Å². The highest BCUT2D eigenvalue weighted by Gasteiger charge is 2.41. The second-order valence-corrected chi connectivity index (χ2v) is 35.4. The first-order valence-corrected chi connectivity index (χ1v) is 39.1. The topological polar surface area (TPSA) is 376 Å². The molecule has 3 aromatic carbocycles. The number of unbranched alkanes of at least 4 members (excludes halogenated alkanes) is 1. The summed E-state index contributed by atoms with van der Waals surface area (Å²) in [6.07, 6.45) is -0.913. The van der Waals surface area contributed by atoms with E-state index in [2.05, 4.69) is 37.2 Å². The smallest absolute Gasteiger partial charge is 0.419 e. The number of carboxylic acid groups (broad SMARTS) is 1. The molecule has 0 unspecified atom stereocenters. The molecule has 28 heteroatoms. The molecule has 0 bridgehead atoms. The fraction of sp³-hybridized carbons (Fsp3) is 0.582. The van der Waals surface area contributed by atoms with Crippen molar-refractivity contribution in [2.75, 3.05) is 18.1 Å². The molecule has 1 fully saturated rings. The van der Waals surface area contributed by atoms with Crippen LogP contribution in [0, 0.1) is 11.3 Å². The number of benzene rings is 3. The number of carboxylic acids is 1. The van der Waals surface area contributed by atoms with Gasteiger partial charge in [-0.05, 0) is 175 Å². The summed E-state index contributed by atoms with van der Waals surface area (Å²) in [5.74, 6) is -8.07. The highest BCUT2D eigenvalue weighted by Crippen LogP contribution is 2.37. The number of carbonyl (C=O) groups is 10. The molecule has 2 heterocycles. The quantitative estimate of drug-likeness (QED) is 0.0177. The zero-order chi connectivity index (χ0) is 79.7. The maximum absolute atomic E-state index is 15.9. The fourth-order valence-electron chi connectivity index (χ4n) is 12.4. The minimum atomic E-state index is -1.66. The Labute approximate surface area is 637 Å². The number of ether oxygens (including phenoxy) is 4. The number of allylic oxidation sites excluding steroid dienone is 2. The fourth-order valence-corrected chi connectivity index (χ4v) is 14.8. The van der Waals surface area contributed by atoms with E-state index in [0.29, 0.717) is 39.9 Å². The number of aromatic nitrogens is 1. The zero-order valence-electron chi connectivity index (χ0n) is 65.3. The molecule has 1 saturated heterocycles. The number of rotatable bonds is 24. The van der Waals surface area contributed by atoms with Crippen LogP contribution in [0.4, 0.5) is 4.79 Å². The molecule has 11 N–H and O–H groups in total. The lowest BCUT2D eigenvalue weighted by Gasteiger charge is -2.33. The molecule has 588 valence electrons. The molecule has 1 aliphatic heterocycles. The third-order valence-corrected chi connectivity index (χ3v) is 19.5. The van der Waals surface area contributed by atoms with Crippen LogP contribution < -0.4 is 47.7 Å². The van der Waals surface area contributed by atoms with E-state index in [0.717, 1.165) is 27.2 Å². The Morgan fingerprint density at radius 1 is 0.673 bits per heavy atom. The van der Waals surface area contributed by atoms with Gasteiger partial charge in [-0.25, -0.2) is 9.59 Å². The molecule has 0 saturated carbocycles. The number of aliphatic carboxylic acids is 1. The van der Waals surface area contributed by atoms with Crippen LogP contribution in [-0.2, 0) is 76.6 Å². The molecule has 0 spiro atoms. The number of ketones is 1. The van der Waals surface area contributed by atoms with E-state index in [1.165, 1.54) is 24.6 Å². The Kier molecular flexibility index (Phi) is 31.2. The van der Waals surface area contributed by atoms with E-state index in [1.54, 1.807) is 141 Å². The number of nitrogens with one attached hydrogen (secondary N) is 7. The molecular formula is C79H114N10O16S2. The van der Waals surface area contributed by atoms with E-state index in [1.807, 2.05) is 48.5 Å². The van der Waals surface area contributed by atoms with Gasteiger partial charge in [-0.15, -0.1) is 0 Å². The minimum absolute atomic E-state index is 0.0379. The summed E-state index contributed by atoms with van der Waals surface area (Å²) in [4.78, 5) is 153. The number of nitrogens with two attached hydrogens (primary N) is 1. The predicted molar refractivity (Wildman–Crippen MR) is 416 cm³/mol. The van der Waals surface area contributed by atoms with E-state index < -0.39 is 142 Å². The highest BCUT2D eigenvalue weighted by atomic mass is 33.1. The number of aliphatic hydroxyl groups excluding tert-OH is 1. The number of aliphatic imine (C=N–C) groups is 1. The Bertz CT molecular complexity index is 3850. The van der Waals surface area contributed by atoms with Crippen molar-refractivity contribution in [1.29, 1.82) is 0 Å². The maximum Gasteiger partial charge on any atom is 0.419 e. The lowest BCUT2D eigenvalue weighted by molar-refractivity contribution is -0.150. The van der Waals surface area contributed by atoms with Crippen LogP contribution in [0.25, 0.3) is 10.9 Å². The zero-order valence-corrected chi connectivity index (χ0v) is 67.0. The molecule has 7 amide bonds. The first kappa shape index (κ1) is 87.6. The Hall–Kier alpha value is -8.31. The average Bonchev–Trinajstić information content (AvgIpc) is 1.77. The van der Waals surface area contributed by atoms with Crippen LogP contribution in [0.5, 0.6) is 5.75 Å². The van der Waals surface area contributed by atoms with Crippen molar-refractivity contribution in [2.24, 2.45) is 22.1 Å². The van der Waals surface area contributed by atoms with Gasteiger partial charge in [0, 0.05) is 61.0 Å². The van der Waals surface area contributed by atoms with Gasteiger partial charge >= 0.3 is 12.1 Å². The molecule has 107 heavy (non-hydrogen) atoms. The number of hydrogen-bond acceptors (Lipinski definition) is 19. The molecule has 2 aliphatic rings. The number of aliphatic hydroxyl groups is 1. The molecular weight excluding hydrogens is 1410 g/mol. The van der Waals surface area contributed by atoms with E-state index in [9.17, 15) is 34.2 Å². The van der Waals surface area contributed by atoms with Crippen LogP contribution in [0.3, 0.4) is 0 Å². The number of nitrogens with zero attached hydrogens (tertiary/aromatic N) is 2. The molecule has 1 aliphatic carbocycles. The summed E-state index contributed by atoms with van der Waals surface area (Å²) in [7, 11) is 1.96. The number of hydrogen-bond donors (Lipinski definition) is 10. The van der Waals surface area contributed by atoms with Gasteiger partial charge in [-0.3, -0.25) is 47.9 Å². The van der Waals surface area contributed by atoms with Gasteiger partial charge in [0.1, 0.15) is 59.0 Å². The summed E-state index contributed by atoms with van der Waals surface area (Å²) in [5, 5.41) is 41.9. The highest BCUT2D eigenvalue weighted by molar-refractivity contribution is 8.76. The summed E-state index contributed by atoms with van der Waals surface area (Å²) < 4.78 is 25.6. The first-order valence-electron chi connectivity index (χ1n) is 36.6. The van der Waals surface area contributed by atoms with Gasteiger partial charge in [0.25, 0.3) is 0 Å². The molecule has 6 rings (SSSR count). The second-order valence-electron chi connectivity index (χ2n) is 32.8. The SMILES string of the molecule is CC(C)CC(=NCCCC[C@@H]1NC(=O)[C@@H](Cc2cn(C(=O)OC(C)(C)C)c3ccccc23)NC(=O)[C@H](Cc2ccc(OC(C)(C)C)cc2)NC(=O)[C@@H](NC(=O)[C@H](N)Cc2ccccc2)CSSC[C@@H](C(=O)N[C@H](C(=O)O)[C@@H](C)OC(C)(C)C)NC(=O)[C@H]([C@@H](C)OC(C)(C)C)NC1=O)C1=C(O)CC(C)(C)CC1=O. The van der Waals surface area contributed by atoms with Gasteiger partial charge in [-0.1, -0.05) is 110 Å². The molecule has 1 aromatic heterocycles. The average molecular weight is 1520 g/mol. The van der Waals surface area contributed by atoms with Crippen LogP contribution in [0.15, 0.2) is 101 Å². The third kappa shape index (κ3) is 28.3. The Balaban J connectivity index is 1.55. The minimum Gasteiger partial charge on any atom is -0.511 e. The standard InChI is InChI=1S/C79H114N10O16S2/c1-45(2)36-55(63-61(90)40-79(17,18)41-62(63)91)81-35-25-24-29-54-67(93)87-64(46(3)102-75(5,6)7)72(98)86-59(71(97)88-65(73(99)100)47(4)103-76(8,9)10)44-107-106-43-58(85-66(92)53(80)37-48-26-20-19-21-27-48)70(96)83-56(38-49-31-33-51(34-32-49)104-77(11,12)13)68(94)84-57(69(95)82-54)39-50-42-89(74(101)105-78(14,15)16)60-30-23-22-28-52(50)60/h19-23,26-28,30-34,42,45-47,53-54,56-59,64-65,90H,24-25,29,35-41,43-44,80H2,1-18H3,(H,82,95)(H,83,96)(H,84,94)(H,85,92)(H,86,98)(H,87,93)(H,88,97)(H,99,100)/t46-,47-,53-,54+,56+,57-,58+,59+,64+,65+/m1/s1.